The predicted octanol–water partition coefficient (Wildman–Crippen LogP) is 3.59. The van der Waals surface area contributed by atoms with Gasteiger partial charge >= 0.3 is 11.9 Å². The summed E-state index contributed by atoms with van der Waals surface area (Å²) in [6.07, 6.45) is 0. The van der Waals surface area contributed by atoms with Gasteiger partial charge in [0, 0.05) is 0 Å². The molecule has 0 saturated carbocycles. The molecule has 0 aromatic heterocycles. The number of carbonyl (C=O) groups is 2. The lowest BCUT2D eigenvalue weighted by Gasteiger charge is -2.11. The van der Waals surface area contributed by atoms with Gasteiger partial charge in [0.25, 0.3) is 0 Å². The number of esters is 2. The quantitative estimate of drug-likeness (QED) is 0.671. The molecule has 0 radical (unpaired) electrons. The number of aryl methyl sites for hydroxylation is 1. The van der Waals surface area contributed by atoms with Crippen LogP contribution in [0.15, 0.2) is 42.5 Å². The fraction of sp³-hybridized carbons (Fsp3) is 0.263. The van der Waals surface area contributed by atoms with E-state index in [0.717, 1.165) is 11.1 Å². The highest BCUT2D eigenvalue weighted by Crippen LogP contribution is 2.24. The van der Waals surface area contributed by atoms with Crippen molar-refractivity contribution >= 4 is 11.9 Å². The number of phenols is 1. The normalized spacial score (nSPS) is 10.5. The number of aromatic hydroxyl groups is 1. The van der Waals surface area contributed by atoms with Gasteiger partial charge in [0.05, 0.1) is 5.56 Å². The lowest BCUT2D eigenvalue weighted by Crippen LogP contribution is -2.19. The van der Waals surface area contributed by atoms with Gasteiger partial charge in [0.1, 0.15) is 11.5 Å². The van der Waals surface area contributed by atoms with Gasteiger partial charge in [-0.15, -0.1) is 0 Å². The topological polar surface area (TPSA) is 72.8 Å². The first-order valence-corrected chi connectivity index (χ1v) is 7.64. The van der Waals surface area contributed by atoms with Gasteiger partial charge in [0.2, 0.25) is 0 Å². The molecule has 0 saturated heterocycles. The van der Waals surface area contributed by atoms with Gasteiger partial charge in [-0.05, 0) is 48.2 Å². The Balaban J connectivity index is 1.96. The van der Waals surface area contributed by atoms with Crippen LogP contribution < -0.4 is 4.74 Å². The van der Waals surface area contributed by atoms with Crippen LogP contribution in [0.2, 0.25) is 0 Å². The fourth-order valence-corrected chi connectivity index (χ4v) is 2.08. The highest BCUT2D eigenvalue weighted by atomic mass is 16.6. The Morgan fingerprint density at radius 2 is 1.88 bits per heavy atom. The maximum Gasteiger partial charge on any atom is 0.349 e. The molecule has 5 nitrogen and oxygen atoms in total. The van der Waals surface area contributed by atoms with Crippen LogP contribution in [0.5, 0.6) is 11.5 Å². The summed E-state index contributed by atoms with van der Waals surface area (Å²) in [5, 5.41) is 9.34. The van der Waals surface area contributed by atoms with E-state index in [2.05, 4.69) is 0 Å². The second-order valence-corrected chi connectivity index (χ2v) is 5.78. The molecule has 0 fully saturated rings. The maximum absolute atomic E-state index is 11.9. The fourth-order valence-electron chi connectivity index (χ4n) is 2.08. The molecule has 2 aromatic rings. The van der Waals surface area contributed by atoms with Crippen LogP contribution >= 0.6 is 0 Å². The van der Waals surface area contributed by atoms with Crippen molar-refractivity contribution < 1.29 is 24.2 Å². The molecule has 0 unspecified atom stereocenters. The minimum Gasteiger partial charge on any atom is -0.508 e. The third-order valence-electron chi connectivity index (χ3n) is 3.51. The number of ether oxygens (including phenoxy) is 2. The summed E-state index contributed by atoms with van der Waals surface area (Å²) in [6.45, 7) is 5.44. The maximum atomic E-state index is 11.9. The zero-order valence-electron chi connectivity index (χ0n) is 13.9. The van der Waals surface area contributed by atoms with E-state index < -0.39 is 18.5 Å². The molecule has 0 amide bonds. The molecule has 5 heteroatoms. The molecule has 0 aliphatic rings. The number of carbonyl (C=O) groups excluding carboxylic acids is 2. The standard InChI is InChI=1S/C19H20O5/c1-12(2)14-8-7-13(3)17(10-14)24-18(21)11-23-19(22)15-5-4-6-16(20)9-15/h4-10,12,20H,11H2,1-3H3. The summed E-state index contributed by atoms with van der Waals surface area (Å²) in [7, 11) is 0. The Kier molecular flexibility index (Phi) is 5.58. The van der Waals surface area contributed by atoms with Crippen LogP contribution in [-0.2, 0) is 9.53 Å². The summed E-state index contributed by atoms with van der Waals surface area (Å²) < 4.78 is 10.2. The minimum atomic E-state index is -0.699. The SMILES string of the molecule is Cc1ccc(C(C)C)cc1OC(=O)COC(=O)c1cccc(O)c1. The average Bonchev–Trinajstić information content (AvgIpc) is 2.54. The van der Waals surface area contributed by atoms with Crippen LogP contribution in [0.25, 0.3) is 0 Å². The van der Waals surface area contributed by atoms with Crippen LogP contribution in [0, 0.1) is 6.92 Å². The second-order valence-electron chi connectivity index (χ2n) is 5.78. The van der Waals surface area contributed by atoms with Crippen LogP contribution in [0.4, 0.5) is 0 Å². The molecular weight excluding hydrogens is 308 g/mol. The predicted molar refractivity (Wildman–Crippen MR) is 89.3 cm³/mol. The van der Waals surface area contributed by atoms with E-state index in [1.165, 1.54) is 24.3 Å². The Bertz CT molecular complexity index is 749. The molecule has 126 valence electrons. The molecule has 2 rings (SSSR count). The monoisotopic (exact) mass is 328 g/mol. The molecule has 1 N–H and O–H groups in total. The smallest absolute Gasteiger partial charge is 0.349 e. The number of phenolic OH excluding ortho intramolecular Hbond substituents is 1. The average molecular weight is 328 g/mol. The number of hydrogen-bond donors (Lipinski definition) is 1. The lowest BCUT2D eigenvalue weighted by molar-refractivity contribution is -0.137. The van der Waals surface area contributed by atoms with Crippen molar-refractivity contribution in [3.8, 4) is 11.5 Å². The highest BCUT2D eigenvalue weighted by molar-refractivity contribution is 5.91. The van der Waals surface area contributed by atoms with Crippen molar-refractivity contribution in [2.24, 2.45) is 0 Å². The molecule has 0 heterocycles. The van der Waals surface area contributed by atoms with Crippen molar-refractivity contribution in [2.45, 2.75) is 26.7 Å². The third kappa shape index (κ3) is 4.59. The van der Waals surface area contributed by atoms with Gasteiger partial charge in [-0.3, -0.25) is 0 Å². The van der Waals surface area contributed by atoms with Crippen molar-refractivity contribution in [3.63, 3.8) is 0 Å². The number of hydrogen-bond acceptors (Lipinski definition) is 5. The minimum absolute atomic E-state index is 0.0480. The Labute approximate surface area is 140 Å². The summed E-state index contributed by atoms with van der Waals surface area (Å²) in [5.74, 6) is -0.637. The summed E-state index contributed by atoms with van der Waals surface area (Å²) in [5.41, 5.74) is 2.05. The summed E-state index contributed by atoms with van der Waals surface area (Å²) in [6, 6.07) is 11.4. The van der Waals surface area contributed by atoms with Crippen molar-refractivity contribution in [3.05, 3.63) is 59.2 Å². The van der Waals surface area contributed by atoms with E-state index in [-0.39, 0.29) is 11.3 Å². The first-order valence-electron chi connectivity index (χ1n) is 7.64. The highest BCUT2D eigenvalue weighted by Gasteiger charge is 2.14. The van der Waals surface area contributed by atoms with Crippen LogP contribution in [0.3, 0.4) is 0 Å². The van der Waals surface area contributed by atoms with E-state index in [1.54, 1.807) is 0 Å². The number of benzene rings is 2. The van der Waals surface area contributed by atoms with Crippen molar-refractivity contribution in [1.82, 2.24) is 0 Å². The largest absolute Gasteiger partial charge is 0.508 e. The molecule has 0 spiro atoms. The molecule has 0 aliphatic carbocycles. The molecule has 0 aliphatic heterocycles. The van der Waals surface area contributed by atoms with E-state index in [9.17, 15) is 14.7 Å². The number of rotatable bonds is 5. The van der Waals surface area contributed by atoms with Gasteiger partial charge in [0.15, 0.2) is 6.61 Å². The Morgan fingerprint density at radius 1 is 1.12 bits per heavy atom. The summed E-state index contributed by atoms with van der Waals surface area (Å²) in [4.78, 5) is 23.7. The summed E-state index contributed by atoms with van der Waals surface area (Å²) >= 11 is 0. The van der Waals surface area contributed by atoms with E-state index in [0.29, 0.717) is 11.7 Å². The Hall–Kier alpha value is -2.82. The van der Waals surface area contributed by atoms with E-state index in [4.69, 9.17) is 9.47 Å². The molecular formula is C19H20O5. The van der Waals surface area contributed by atoms with E-state index in [1.807, 2.05) is 39.0 Å². The van der Waals surface area contributed by atoms with Crippen molar-refractivity contribution in [2.75, 3.05) is 6.61 Å². The second kappa shape index (κ2) is 7.64. The van der Waals surface area contributed by atoms with Crippen LogP contribution in [-0.4, -0.2) is 23.7 Å². The van der Waals surface area contributed by atoms with Crippen LogP contribution in [0.1, 0.15) is 41.3 Å². The van der Waals surface area contributed by atoms with E-state index >= 15 is 0 Å². The third-order valence-corrected chi connectivity index (χ3v) is 3.51. The van der Waals surface area contributed by atoms with Crippen molar-refractivity contribution in [1.29, 1.82) is 0 Å². The van der Waals surface area contributed by atoms with Gasteiger partial charge < -0.3 is 14.6 Å². The van der Waals surface area contributed by atoms with Gasteiger partial charge in [-0.1, -0.05) is 32.0 Å². The van der Waals surface area contributed by atoms with Gasteiger partial charge in [-0.2, -0.15) is 0 Å². The lowest BCUT2D eigenvalue weighted by atomic mass is 10.0. The first-order chi connectivity index (χ1) is 11.4. The molecule has 0 atom stereocenters. The molecule has 2 aromatic carbocycles. The first kappa shape index (κ1) is 17.5. The molecule has 24 heavy (non-hydrogen) atoms. The van der Waals surface area contributed by atoms with Gasteiger partial charge in [-0.25, -0.2) is 9.59 Å². The Morgan fingerprint density at radius 3 is 2.54 bits per heavy atom. The molecule has 0 bridgehead atoms. The zero-order chi connectivity index (χ0) is 17.7. The zero-order valence-corrected chi connectivity index (χ0v) is 13.9.